The van der Waals surface area contributed by atoms with Gasteiger partial charge in [-0.1, -0.05) is 30.3 Å². The highest BCUT2D eigenvalue weighted by atomic mass is 16.5. The number of para-hydroxylation sites is 1. The molecule has 3 N–H and O–H groups in total. The van der Waals surface area contributed by atoms with Crippen molar-refractivity contribution in [2.45, 2.75) is 13.0 Å². The first-order chi connectivity index (χ1) is 16.3. The second-order valence-electron chi connectivity index (χ2n) is 8.84. The van der Waals surface area contributed by atoms with Crippen LogP contribution in [0.4, 0.5) is 5.69 Å². The molecule has 0 bridgehead atoms. The fraction of sp³-hybridized carbons (Fsp3) is 0.259. The molecule has 7 nitrogen and oxygen atoms in total. The molecule has 0 fully saturated rings. The zero-order chi connectivity index (χ0) is 24.4. The van der Waals surface area contributed by atoms with Crippen LogP contribution in [0.15, 0.2) is 78.9 Å². The molecule has 0 aliphatic rings. The number of rotatable bonds is 12. The number of hydrogen-bond donors (Lipinski definition) is 3. The van der Waals surface area contributed by atoms with Crippen LogP contribution in [-0.2, 0) is 11.3 Å². The SMILES string of the molecule is C[N+](C)(CCCNCC(=O)Nc1ccc(Oc2ccccc2)cc1)Cc1ccc(C(=O)O)cc1. The Morgan fingerprint density at radius 2 is 1.53 bits per heavy atom. The average molecular weight is 463 g/mol. The molecule has 7 heteroatoms. The van der Waals surface area contributed by atoms with Gasteiger partial charge in [0, 0.05) is 24.2 Å². The number of nitrogens with one attached hydrogen (secondary N) is 2. The number of hydrogen-bond acceptors (Lipinski definition) is 4. The zero-order valence-electron chi connectivity index (χ0n) is 19.7. The van der Waals surface area contributed by atoms with Crippen molar-refractivity contribution in [3.05, 3.63) is 90.0 Å². The third-order valence-electron chi connectivity index (χ3n) is 5.33. The second kappa shape index (κ2) is 12.0. The van der Waals surface area contributed by atoms with Crippen LogP contribution in [0.25, 0.3) is 0 Å². The molecule has 3 aromatic rings. The van der Waals surface area contributed by atoms with Gasteiger partial charge < -0.3 is 25.0 Å². The van der Waals surface area contributed by atoms with Crippen molar-refractivity contribution in [3.63, 3.8) is 0 Å². The van der Waals surface area contributed by atoms with Crippen molar-refractivity contribution in [3.8, 4) is 11.5 Å². The van der Waals surface area contributed by atoms with Gasteiger partial charge in [0.1, 0.15) is 18.0 Å². The summed E-state index contributed by atoms with van der Waals surface area (Å²) >= 11 is 0. The minimum atomic E-state index is -0.912. The minimum Gasteiger partial charge on any atom is -0.478 e. The summed E-state index contributed by atoms with van der Waals surface area (Å²) in [5, 5.41) is 15.1. The summed E-state index contributed by atoms with van der Waals surface area (Å²) in [6.45, 7) is 2.71. The number of anilines is 1. The summed E-state index contributed by atoms with van der Waals surface area (Å²) in [6.07, 6.45) is 0.916. The van der Waals surface area contributed by atoms with Crippen LogP contribution in [0.5, 0.6) is 11.5 Å². The van der Waals surface area contributed by atoms with Crippen molar-refractivity contribution < 1.29 is 23.9 Å². The number of carbonyl (C=O) groups excluding carboxylic acids is 1. The minimum absolute atomic E-state index is 0.0935. The predicted molar refractivity (Wildman–Crippen MR) is 133 cm³/mol. The van der Waals surface area contributed by atoms with Gasteiger partial charge >= 0.3 is 5.97 Å². The van der Waals surface area contributed by atoms with E-state index in [1.54, 1.807) is 12.1 Å². The smallest absolute Gasteiger partial charge is 0.335 e. The van der Waals surface area contributed by atoms with Gasteiger partial charge in [-0.3, -0.25) is 4.79 Å². The Kier molecular flexibility index (Phi) is 8.79. The zero-order valence-corrected chi connectivity index (χ0v) is 19.7. The van der Waals surface area contributed by atoms with E-state index in [9.17, 15) is 9.59 Å². The highest BCUT2D eigenvalue weighted by Gasteiger charge is 2.16. The predicted octanol–water partition coefficient (Wildman–Crippen LogP) is 4.37. The topological polar surface area (TPSA) is 87.7 Å². The van der Waals surface area contributed by atoms with Gasteiger partial charge in [-0.15, -0.1) is 0 Å². The summed E-state index contributed by atoms with van der Waals surface area (Å²) in [4.78, 5) is 23.2. The third kappa shape index (κ3) is 8.35. The van der Waals surface area contributed by atoms with Gasteiger partial charge in [0.05, 0.1) is 32.7 Å². The average Bonchev–Trinajstić information content (AvgIpc) is 2.81. The van der Waals surface area contributed by atoms with Crippen LogP contribution >= 0.6 is 0 Å². The molecule has 3 rings (SSSR count). The second-order valence-corrected chi connectivity index (χ2v) is 8.84. The van der Waals surface area contributed by atoms with Gasteiger partial charge in [-0.05, 0) is 48.5 Å². The van der Waals surface area contributed by atoms with E-state index in [-0.39, 0.29) is 12.5 Å². The molecule has 0 spiro atoms. The van der Waals surface area contributed by atoms with Crippen molar-refractivity contribution >= 4 is 17.6 Å². The van der Waals surface area contributed by atoms with E-state index in [0.717, 1.165) is 47.5 Å². The van der Waals surface area contributed by atoms with Crippen molar-refractivity contribution in [2.24, 2.45) is 0 Å². The van der Waals surface area contributed by atoms with Crippen LogP contribution in [0.2, 0.25) is 0 Å². The summed E-state index contributed by atoms with van der Waals surface area (Å²) in [5.41, 5.74) is 2.12. The molecule has 34 heavy (non-hydrogen) atoms. The number of carboxylic acid groups (broad SMARTS) is 1. The normalized spacial score (nSPS) is 11.1. The molecule has 178 valence electrons. The quantitative estimate of drug-likeness (QED) is 0.275. The summed E-state index contributed by atoms with van der Waals surface area (Å²) < 4.78 is 6.54. The number of quaternary nitrogens is 1. The first kappa shape index (κ1) is 25.0. The Labute approximate surface area is 200 Å². The largest absolute Gasteiger partial charge is 0.478 e. The van der Waals surface area contributed by atoms with Crippen LogP contribution in [-0.4, -0.2) is 55.2 Å². The lowest BCUT2D eigenvalue weighted by Crippen LogP contribution is -2.41. The lowest BCUT2D eigenvalue weighted by atomic mass is 10.1. The Morgan fingerprint density at radius 3 is 2.18 bits per heavy atom. The van der Waals surface area contributed by atoms with E-state index in [1.807, 2.05) is 66.7 Å². The molecule has 0 aliphatic heterocycles. The first-order valence-electron chi connectivity index (χ1n) is 11.3. The van der Waals surface area contributed by atoms with Gasteiger partial charge in [0.15, 0.2) is 0 Å². The Hall–Kier alpha value is -3.68. The summed E-state index contributed by atoms with van der Waals surface area (Å²) in [6, 6.07) is 23.8. The Bertz CT molecular complexity index is 1070. The number of amides is 1. The summed E-state index contributed by atoms with van der Waals surface area (Å²) in [7, 11) is 4.28. The van der Waals surface area contributed by atoms with Gasteiger partial charge in [-0.2, -0.15) is 0 Å². The van der Waals surface area contributed by atoms with E-state index in [0.29, 0.717) is 11.3 Å². The lowest BCUT2D eigenvalue weighted by Gasteiger charge is -2.30. The number of benzene rings is 3. The number of carboxylic acids is 1. The van der Waals surface area contributed by atoms with Crippen molar-refractivity contribution in [1.29, 1.82) is 0 Å². The van der Waals surface area contributed by atoms with Crippen LogP contribution in [0, 0.1) is 0 Å². The number of carbonyl (C=O) groups is 2. The molecule has 0 unspecified atom stereocenters. The van der Waals surface area contributed by atoms with Crippen molar-refractivity contribution in [2.75, 3.05) is 39.0 Å². The van der Waals surface area contributed by atoms with E-state index in [4.69, 9.17) is 9.84 Å². The van der Waals surface area contributed by atoms with E-state index < -0.39 is 5.97 Å². The molecule has 0 atom stereocenters. The van der Waals surface area contributed by atoms with Crippen molar-refractivity contribution in [1.82, 2.24) is 5.32 Å². The van der Waals surface area contributed by atoms with E-state index >= 15 is 0 Å². The molecule has 0 radical (unpaired) electrons. The van der Waals surface area contributed by atoms with E-state index in [1.165, 1.54) is 0 Å². The van der Waals surface area contributed by atoms with E-state index in [2.05, 4.69) is 24.7 Å². The molecule has 0 aliphatic carbocycles. The highest BCUT2D eigenvalue weighted by molar-refractivity contribution is 5.92. The van der Waals surface area contributed by atoms with Gasteiger partial charge in [0.2, 0.25) is 5.91 Å². The number of aromatic carboxylic acids is 1. The molecule has 3 aromatic carbocycles. The monoisotopic (exact) mass is 462 g/mol. The third-order valence-corrected chi connectivity index (χ3v) is 5.33. The van der Waals surface area contributed by atoms with Crippen LogP contribution in [0.1, 0.15) is 22.3 Å². The molecule has 0 saturated carbocycles. The maximum Gasteiger partial charge on any atom is 0.335 e. The molecule has 0 aromatic heterocycles. The lowest BCUT2D eigenvalue weighted by molar-refractivity contribution is -0.903. The maximum atomic E-state index is 12.2. The van der Waals surface area contributed by atoms with Gasteiger partial charge in [-0.25, -0.2) is 4.79 Å². The summed E-state index contributed by atoms with van der Waals surface area (Å²) in [5.74, 6) is 0.468. The number of ether oxygens (including phenoxy) is 1. The fourth-order valence-electron chi connectivity index (χ4n) is 3.60. The first-order valence-corrected chi connectivity index (χ1v) is 11.3. The fourth-order valence-corrected chi connectivity index (χ4v) is 3.60. The number of nitrogens with zero attached hydrogens (tertiary/aromatic N) is 1. The van der Waals surface area contributed by atoms with Gasteiger partial charge in [0.25, 0.3) is 0 Å². The standard InChI is InChI=1S/C27H31N3O4/c1-30(2,20-21-9-11-22(12-10-21)27(32)33)18-6-17-28-19-26(31)29-23-13-15-25(16-14-23)34-24-7-4-3-5-8-24/h3-5,7-16,28H,6,17-20H2,1-2H3,(H-,29,31,32,33)/p+1. The molecule has 0 saturated heterocycles. The molecule has 1 amide bonds. The van der Waals surface area contributed by atoms with Crippen LogP contribution in [0.3, 0.4) is 0 Å². The Morgan fingerprint density at radius 1 is 0.882 bits per heavy atom. The molecular formula is C27H32N3O4+. The van der Waals surface area contributed by atoms with Crippen LogP contribution < -0.4 is 15.4 Å². The highest BCUT2D eigenvalue weighted by Crippen LogP contribution is 2.22. The maximum absolute atomic E-state index is 12.2. The molecule has 0 heterocycles. The molecular weight excluding hydrogens is 430 g/mol. The Balaban J connectivity index is 1.33.